The first-order valence-corrected chi connectivity index (χ1v) is 6.84. The molecular formula is C15H11BrN4. The number of anilines is 1. The van der Waals surface area contributed by atoms with Crippen molar-refractivity contribution < 1.29 is 0 Å². The topological polar surface area (TPSA) is 67.6 Å². The molecule has 0 spiro atoms. The van der Waals surface area contributed by atoms with E-state index in [1.54, 1.807) is 6.07 Å². The van der Waals surface area contributed by atoms with Gasteiger partial charge >= 0.3 is 0 Å². The molecular weight excluding hydrogens is 316 g/mol. The molecule has 0 atom stereocenters. The molecule has 1 aromatic heterocycles. The van der Waals surface area contributed by atoms with E-state index >= 15 is 0 Å². The Labute approximate surface area is 124 Å². The van der Waals surface area contributed by atoms with Gasteiger partial charge in [-0.2, -0.15) is 5.26 Å². The summed E-state index contributed by atoms with van der Waals surface area (Å²) in [6, 6.07) is 13.5. The van der Waals surface area contributed by atoms with Crippen LogP contribution < -0.4 is 5.73 Å². The first kappa shape index (κ1) is 12.7. The number of nitrogens with two attached hydrogens (primary N) is 1. The molecule has 0 aliphatic heterocycles. The number of fused-ring (bicyclic) bond motifs is 1. The zero-order chi connectivity index (χ0) is 14.3. The summed E-state index contributed by atoms with van der Waals surface area (Å²) >= 11 is 3.46. The van der Waals surface area contributed by atoms with Gasteiger partial charge in [-0.15, -0.1) is 0 Å². The van der Waals surface area contributed by atoms with E-state index in [1.807, 2.05) is 41.8 Å². The Morgan fingerprint density at radius 2 is 2.05 bits per heavy atom. The highest BCUT2D eigenvalue weighted by molar-refractivity contribution is 9.10. The van der Waals surface area contributed by atoms with Gasteiger partial charge in [0.15, 0.2) is 0 Å². The molecule has 0 aliphatic carbocycles. The average Bonchev–Trinajstić information content (AvgIpc) is 2.75. The van der Waals surface area contributed by atoms with Gasteiger partial charge in [0.1, 0.15) is 0 Å². The van der Waals surface area contributed by atoms with E-state index < -0.39 is 0 Å². The summed E-state index contributed by atoms with van der Waals surface area (Å²) in [5.41, 5.74) is 10.3. The van der Waals surface area contributed by atoms with Gasteiger partial charge in [-0.1, -0.05) is 22.0 Å². The van der Waals surface area contributed by atoms with E-state index in [0.717, 1.165) is 26.8 Å². The monoisotopic (exact) mass is 326 g/mol. The van der Waals surface area contributed by atoms with E-state index in [2.05, 4.69) is 27.0 Å². The van der Waals surface area contributed by atoms with Gasteiger partial charge < -0.3 is 5.73 Å². The van der Waals surface area contributed by atoms with Crippen LogP contribution in [0.2, 0.25) is 0 Å². The van der Waals surface area contributed by atoms with Gasteiger partial charge in [-0.3, -0.25) is 4.57 Å². The Morgan fingerprint density at radius 1 is 1.25 bits per heavy atom. The third kappa shape index (κ3) is 1.95. The van der Waals surface area contributed by atoms with Crippen LogP contribution in [0, 0.1) is 18.3 Å². The molecule has 0 amide bonds. The third-order valence-electron chi connectivity index (χ3n) is 3.22. The molecule has 3 aromatic rings. The molecule has 20 heavy (non-hydrogen) atoms. The standard InChI is InChI=1S/C15H11BrN4/c1-9-2-3-10(8-17)6-13(9)20-14-7-11(16)4-5-12(14)19-15(20)18/h2-7H,1H3,(H2,18,19). The number of halogens is 1. The molecule has 0 saturated carbocycles. The number of imidazole rings is 1. The Kier molecular flexibility index (Phi) is 2.96. The normalized spacial score (nSPS) is 10.7. The van der Waals surface area contributed by atoms with E-state index in [0.29, 0.717) is 11.5 Å². The molecule has 3 rings (SSSR count). The van der Waals surface area contributed by atoms with Crippen molar-refractivity contribution >= 4 is 32.9 Å². The molecule has 0 fully saturated rings. The number of hydrogen-bond donors (Lipinski definition) is 1. The first-order chi connectivity index (χ1) is 9.60. The molecule has 0 unspecified atom stereocenters. The summed E-state index contributed by atoms with van der Waals surface area (Å²) in [5.74, 6) is 0.413. The molecule has 2 N–H and O–H groups in total. The van der Waals surface area contributed by atoms with Crippen molar-refractivity contribution in [2.24, 2.45) is 0 Å². The van der Waals surface area contributed by atoms with E-state index in [-0.39, 0.29) is 0 Å². The van der Waals surface area contributed by atoms with Crippen LogP contribution in [0.4, 0.5) is 5.95 Å². The quantitative estimate of drug-likeness (QED) is 0.743. The lowest BCUT2D eigenvalue weighted by Gasteiger charge is -2.10. The Bertz CT molecular complexity index is 858. The number of nitrogen functional groups attached to an aromatic ring is 1. The Morgan fingerprint density at radius 3 is 2.80 bits per heavy atom. The minimum Gasteiger partial charge on any atom is -0.369 e. The fourth-order valence-corrected chi connectivity index (χ4v) is 2.59. The van der Waals surface area contributed by atoms with Crippen LogP contribution in [-0.2, 0) is 0 Å². The zero-order valence-electron chi connectivity index (χ0n) is 10.8. The minimum atomic E-state index is 0.413. The largest absolute Gasteiger partial charge is 0.369 e. The second-order valence-electron chi connectivity index (χ2n) is 4.55. The maximum absolute atomic E-state index is 9.06. The first-order valence-electron chi connectivity index (χ1n) is 6.05. The summed E-state index contributed by atoms with van der Waals surface area (Å²) < 4.78 is 2.83. The second-order valence-corrected chi connectivity index (χ2v) is 5.47. The lowest BCUT2D eigenvalue weighted by atomic mass is 10.1. The van der Waals surface area contributed by atoms with Gasteiger partial charge in [0.2, 0.25) is 5.95 Å². The number of benzene rings is 2. The van der Waals surface area contributed by atoms with Crippen LogP contribution in [0.5, 0.6) is 0 Å². The predicted octanol–water partition coefficient (Wildman–Crippen LogP) is 3.55. The molecule has 1 heterocycles. The van der Waals surface area contributed by atoms with Crippen LogP contribution in [0.15, 0.2) is 40.9 Å². The van der Waals surface area contributed by atoms with Crippen LogP contribution >= 0.6 is 15.9 Å². The molecule has 0 saturated heterocycles. The average molecular weight is 327 g/mol. The van der Waals surface area contributed by atoms with Crippen LogP contribution in [0.3, 0.4) is 0 Å². The number of aromatic nitrogens is 2. The van der Waals surface area contributed by atoms with Crippen molar-refractivity contribution in [2.75, 3.05) is 5.73 Å². The highest BCUT2D eigenvalue weighted by Crippen LogP contribution is 2.27. The summed E-state index contributed by atoms with van der Waals surface area (Å²) in [6.45, 7) is 1.99. The van der Waals surface area contributed by atoms with Crippen LogP contribution in [0.25, 0.3) is 16.7 Å². The Balaban J connectivity index is 2.37. The van der Waals surface area contributed by atoms with Crippen molar-refractivity contribution in [3.05, 3.63) is 52.0 Å². The highest BCUT2D eigenvalue weighted by atomic mass is 79.9. The van der Waals surface area contributed by atoms with Crippen molar-refractivity contribution in [1.82, 2.24) is 9.55 Å². The molecule has 5 heteroatoms. The van der Waals surface area contributed by atoms with Crippen molar-refractivity contribution in [1.29, 1.82) is 5.26 Å². The van der Waals surface area contributed by atoms with Crippen LogP contribution in [0.1, 0.15) is 11.1 Å². The molecule has 4 nitrogen and oxygen atoms in total. The second kappa shape index (κ2) is 4.66. The smallest absolute Gasteiger partial charge is 0.205 e. The highest BCUT2D eigenvalue weighted by Gasteiger charge is 2.12. The minimum absolute atomic E-state index is 0.413. The number of nitrogens with zero attached hydrogens (tertiary/aromatic N) is 3. The lowest BCUT2D eigenvalue weighted by molar-refractivity contribution is 1.09. The van der Waals surface area contributed by atoms with Crippen molar-refractivity contribution in [3.63, 3.8) is 0 Å². The zero-order valence-corrected chi connectivity index (χ0v) is 12.3. The number of hydrogen-bond acceptors (Lipinski definition) is 3. The van der Waals surface area contributed by atoms with Crippen molar-refractivity contribution in [2.45, 2.75) is 6.92 Å². The number of rotatable bonds is 1. The Hall–Kier alpha value is -2.32. The molecule has 0 radical (unpaired) electrons. The van der Waals surface area contributed by atoms with Gasteiger partial charge in [-0.05, 0) is 42.8 Å². The van der Waals surface area contributed by atoms with Gasteiger partial charge in [-0.25, -0.2) is 4.98 Å². The summed E-state index contributed by atoms with van der Waals surface area (Å²) in [7, 11) is 0. The van der Waals surface area contributed by atoms with Gasteiger partial charge in [0.05, 0.1) is 28.4 Å². The van der Waals surface area contributed by atoms with E-state index in [9.17, 15) is 0 Å². The van der Waals surface area contributed by atoms with Gasteiger partial charge in [0, 0.05) is 4.47 Å². The summed E-state index contributed by atoms with van der Waals surface area (Å²) in [4.78, 5) is 4.36. The predicted molar refractivity (Wildman–Crippen MR) is 82.6 cm³/mol. The molecule has 0 bridgehead atoms. The lowest BCUT2D eigenvalue weighted by Crippen LogP contribution is -2.03. The molecule has 2 aromatic carbocycles. The number of nitriles is 1. The van der Waals surface area contributed by atoms with E-state index in [1.165, 1.54) is 0 Å². The summed E-state index contributed by atoms with van der Waals surface area (Å²) in [6.07, 6.45) is 0. The molecule has 98 valence electrons. The van der Waals surface area contributed by atoms with Crippen molar-refractivity contribution in [3.8, 4) is 11.8 Å². The van der Waals surface area contributed by atoms with Gasteiger partial charge in [0.25, 0.3) is 0 Å². The number of aryl methyl sites for hydroxylation is 1. The fourth-order valence-electron chi connectivity index (χ4n) is 2.24. The SMILES string of the molecule is Cc1ccc(C#N)cc1-n1c(N)nc2ccc(Br)cc21. The summed E-state index contributed by atoms with van der Waals surface area (Å²) in [5, 5.41) is 9.06. The maximum Gasteiger partial charge on any atom is 0.205 e. The van der Waals surface area contributed by atoms with Crippen LogP contribution in [-0.4, -0.2) is 9.55 Å². The maximum atomic E-state index is 9.06. The molecule has 0 aliphatic rings. The van der Waals surface area contributed by atoms with E-state index in [4.69, 9.17) is 11.0 Å². The fraction of sp³-hybridized carbons (Fsp3) is 0.0667. The third-order valence-corrected chi connectivity index (χ3v) is 3.71.